The molecule has 1 amide bonds. The van der Waals surface area contributed by atoms with Gasteiger partial charge in [-0.15, -0.1) is 0 Å². The summed E-state index contributed by atoms with van der Waals surface area (Å²) in [5.74, 6) is 0.882. The van der Waals surface area contributed by atoms with Gasteiger partial charge >= 0.3 is 0 Å². The van der Waals surface area contributed by atoms with Gasteiger partial charge in [0, 0.05) is 29.7 Å². The Morgan fingerprint density at radius 2 is 2.12 bits per heavy atom. The highest BCUT2D eigenvalue weighted by Gasteiger charge is 2.12. The molecule has 0 aliphatic heterocycles. The molecular weight excluding hydrogens is 318 g/mol. The Balaban J connectivity index is 1.60. The fourth-order valence-electron chi connectivity index (χ4n) is 2.59. The lowest BCUT2D eigenvalue weighted by molar-refractivity contribution is 0.0943. The molecule has 0 fully saturated rings. The van der Waals surface area contributed by atoms with E-state index in [4.69, 9.17) is 10.2 Å². The van der Waals surface area contributed by atoms with E-state index >= 15 is 0 Å². The number of nitrogen functional groups attached to an aromatic ring is 1. The van der Waals surface area contributed by atoms with Crippen molar-refractivity contribution in [2.75, 3.05) is 5.73 Å². The van der Waals surface area contributed by atoms with E-state index in [0.717, 1.165) is 11.1 Å². The van der Waals surface area contributed by atoms with E-state index in [1.54, 1.807) is 35.2 Å². The number of carbonyl (C=O) groups is 1. The molecule has 7 heteroatoms. The molecule has 3 N–H and O–H groups in total. The first kappa shape index (κ1) is 14.9. The van der Waals surface area contributed by atoms with Crippen molar-refractivity contribution in [2.24, 2.45) is 0 Å². The van der Waals surface area contributed by atoms with Gasteiger partial charge in [-0.1, -0.05) is 0 Å². The minimum atomic E-state index is -0.262. The molecule has 0 saturated heterocycles. The van der Waals surface area contributed by atoms with Crippen molar-refractivity contribution in [3.8, 4) is 11.1 Å². The maximum absolute atomic E-state index is 12.3. The van der Waals surface area contributed by atoms with Crippen LogP contribution >= 0.6 is 0 Å². The predicted molar refractivity (Wildman–Crippen MR) is 92.7 cm³/mol. The molecule has 0 saturated carbocycles. The molecule has 0 aliphatic rings. The van der Waals surface area contributed by atoms with Gasteiger partial charge in [-0.2, -0.15) is 0 Å². The standard InChI is InChI=1S/C18H15N5O2/c19-17-14(4-1-7-20-17)12-5-6-16-22-15(11-23(16)10-12)18(24)21-9-13-3-2-8-25-13/h1-8,10-11H,9H2,(H2,19,20)(H,21,24). The largest absolute Gasteiger partial charge is 0.467 e. The first-order valence-corrected chi connectivity index (χ1v) is 7.71. The van der Waals surface area contributed by atoms with Gasteiger partial charge < -0.3 is 19.9 Å². The number of nitrogens with one attached hydrogen (secondary N) is 1. The van der Waals surface area contributed by atoms with E-state index in [-0.39, 0.29) is 5.91 Å². The van der Waals surface area contributed by atoms with Crippen LogP contribution in [0.15, 0.2) is 65.7 Å². The lowest BCUT2D eigenvalue weighted by Crippen LogP contribution is -2.22. The Bertz CT molecular complexity index is 1040. The summed E-state index contributed by atoms with van der Waals surface area (Å²) in [6, 6.07) is 11.0. The van der Waals surface area contributed by atoms with Gasteiger partial charge in [0.15, 0.2) is 0 Å². The Hall–Kier alpha value is -3.61. The van der Waals surface area contributed by atoms with Gasteiger partial charge in [0.1, 0.15) is 22.9 Å². The van der Waals surface area contributed by atoms with Crippen LogP contribution in [0.4, 0.5) is 5.82 Å². The first-order valence-electron chi connectivity index (χ1n) is 7.71. The molecule has 0 radical (unpaired) electrons. The molecular formula is C18H15N5O2. The second-order valence-corrected chi connectivity index (χ2v) is 5.51. The summed E-state index contributed by atoms with van der Waals surface area (Å²) < 4.78 is 6.99. The predicted octanol–water partition coefficient (Wildman–Crippen LogP) is 2.50. The number of nitrogens with two attached hydrogens (primary N) is 1. The van der Waals surface area contributed by atoms with Crippen molar-refractivity contribution in [2.45, 2.75) is 6.54 Å². The number of pyridine rings is 2. The van der Waals surface area contributed by atoms with Crippen molar-refractivity contribution >= 4 is 17.4 Å². The third-order valence-electron chi connectivity index (χ3n) is 3.84. The Morgan fingerprint density at radius 1 is 1.20 bits per heavy atom. The molecule has 4 heterocycles. The van der Waals surface area contributed by atoms with Crippen molar-refractivity contribution < 1.29 is 9.21 Å². The number of rotatable bonds is 4. The van der Waals surface area contributed by atoms with E-state index < -0.39 is 0 Å². The second-order valence-electron chi connectivity index (χ2n) is 5.51. The normalized spacial score (nSPS) is 10.9. The van der Waals surface area contributed by atoms with Crippen LogP contribution in [0.2, 0.25) is 0 Å². The number of aromatic nitrogens is 3. The molecule has 0 atom stereocenters. The summed E-state index contributed by atoms with van der Waals surface area (Å²) in [5, 5.41) is 2.78. The summed E-state index contributed by atoms with van der Waals surface area (Å²) in [6.07, 6.45) is 6.77. The van der Waals surface area contributed by atoms with Crippen molar-refractivity contribution in [1.29, 1.82) is 0 Å². The van der Waals surface area contributed by atoms with Crippen LogP contribution in [0.5, 0.6) is 0 Å². The molecule has 4 rings (SSSR count). The lowest BCUT2D eigenvalue weighted by atomic mass is 10.1. The summed E-state index contributed by atoms with van der Waals surface area (Å²) in [4.78, 5) is 20.7. The first-order chi connectivity index (χ1) is 12.2. The second kappa shape index (κ2) is 6.12. The summed E-state index contributed by atoms with van der Waals surface area (Å²) in [7, 11) is 0. The quantitative estimate of drug-likeness (QED) is 0.598. The Kier molecular flexibility index (Phi) is 3.66. The molecule has 0 spiro atoms. The SMILES string of the molecule is Nc1ncccc1-c1ccc2nc(C(=O)NCc3ccco3)cn2c1. The van der Waals surface area contributed by atoms with Gasteiger partial charge in [-0.3, -0.25) is 4.79 Å². The van der Waals surface area contributed by atoms with Crippen LogP contribution in [-0.4, -0.2) is 20.3 Å². The van der Waals surface area contributed by atoms with Crippen LogP contribution < -0.4 is 11.1 Å². The molecule has 0 aromatic carbocycles. The summed E-state index contributed by atoms with van der Waals surface area (Å²) in [5.41, 5.74) is 8.67. The van der Waals surface area contributed by atoms with Crippen molar-refractivity contribution in [3.05, 3.63) is 72.7 Å². The zero-order valence-electron chi connectivity index (χ0n) is 13.2. The number of anilines is 1. The monoisotopic (exact) mass is 333 g/mol. The Labute approximate surface area is 143 Å². The van der Waals surface area contributed by atoms with Gasteiger partial charge in [0.25, 0.3) is 5.91 Å². The molecule has 0 unspecified atom stereocenters. The number of carbonyl (C=O) groups excluding carboxylic acids is 1. The molecule has 4 aromatic heterocycles. The minimum Gasteiger partial charge on any atom is -0.467 e. The van der Waals surface area contributed by atoms with Gasteiger partial charge in [-0.25, -0.2) is 9.97 Å². The average Bonchev–Trinajstić information content (AvgIpc) is 3.29. The number of nitrogens with zero attached hydrogens (tertiary/aromatic N) is 3. The maximum atomic E-state index is 12.3. The molecule has 4 aromatic rings. The number of hydrogen-bond donors (Lipinski definition) is 2. The van der Waals surface area contributed by atoms with Crippen LogP contribution in [0, 0.1) is 0 Å². The highest BCUT2D eigenvalue weighted by Crippen LogP contribution is 2.24. The number of amides is 1. The van der Waals surface area contributed by atoms with Crippen LogP contribution in [0.1, 0.15) is 16.2 Å². The zero-order chi connectivity index (χ0) is 17.2. The third kappa shape index (κ3) is 2.94. The fourth-order valence-corrected chi connectivity index (χ4v) is 2.59. The number of hydrogen-bond acceptors (Lipinski definition) is 5. The molecule has 0 bridgehead atoms. The smallest absolute Gasteiger partial charge is 0.271 e. The third-order valence-corrected chi connectivity index (χ3v) is 3.84. The fraction of sp³-hybridized carbons (Fsp3) is 0.0556. The Morgan fingerprint density at radius 3 is 2.92 bits per heavy atom. The van der Waals surface area contributed by atoms with Crippen LogP contribution in [0.3, 0.4) is 0 Å². The van der Waals surface area contributed by atoms with Crippen LogP contribution in [-0.2, 0) is 6.54 Å². The van der Waals surface area contributed by atoms with E-state index in [1.807, 2.05) is 30.5 Å². The van der Waals surface area contributed by atoms with Gasteiger partial charge in [0.05, 0.1) is 12.8 Å². The summed E-state index contributed by atoms with van der Waals surface area (Å²) in [6.45, 7) is 0.317. The highest BCUT2D eigenvalue weighted by atomic mass is 16.3. The van der Waals surface area contributed by atoms with E-state index in [2.05, 4.69) is 15.3 Å². The molecule has 7 nitrogen and oxygen atoms in total. The number of imidazole rings is 1. The highest BCUT2D eigenvalue weighted by molar-refractivity contribution is 5.92. The zero-order valence-corrected chi connectivity index (χ0v) is 13.2. The van der Waals surface area contributed by atoms with E-state index in [1.165, 1.54) is 0 Å². The molecule has 25 heavy (non-hydrogen) atoms. The summed E-state index contributed by atoms with van der Waals surface area (Å²) >= 11 is 0. The van der Waals surface area contributed by atoms with E-state index in [0.29, 0.717) is 29.5 Å². The number of furan rings is 1. The van der Waals surface area contributed by atoms with Crippen molar-refractivity contribution in [3.63, 3.8) is 0 Å². The molecule has 124 valence electrons. The van der Waals surface area contributed by atoms with Gasteiger partial charge in [-0.05, 0) is 36.4 Å². The average molecular weight is 333 g/mol. The van der Waals surface area contributed by atoms with Crippen LogP contribution in [0.25, 0.3) is 16.8 Å². The number of fused-ring (bicyclic) bond motifs is 1. The van der Waals surface area contributed by atoms with E-state index in [9.17, 15) is 4.79 Å². The van der Waals surface area contributed by atoms with Crippen molar-refractivity contribution in [1.82, 2.24) is 19.7 Å². The topological polar surface area (TPSA) is 98.5 Å². The maximum Gasteiger partial charge on any atom is 0.271 e. The lowest BCUT2D eigenvalue weighted by Gasteiger charge is -2.04. The molecule has 0 aliphatic carbocycles. The van der Waals surface area contributed by atoms with Gasteiger partial charge in [0.2, 0.25) is 0 Å². The minimum absolute atomic E-state index is 0.262.